The van der Waals surface area contributed by atoms with E-state index < -0.39 is 5.54 Å². The Kier molecular flexibility index (Phi) is 6.10. The lowest BCUT2D eigenvalue weighted by molar-refractivity contribution is -0.129. The number of hydrogen-bond acceptors (Lipinski definition) is 6. The Bertz CT molecular complexity index is 1020. The quantitative estimate of drug-likeness (QED) is 0.589. The van der Waals surface area contributed by atoms with Crippen LogP contribution in [0.1, 0.15) is 30.0 Å². The van der Waals surface area contributed by atoms with Crippen molar-refractivity contribution in [2.24, 2.45) is 0 Å². The molecule has 3 rings (SSSR count). The Labute approximate surface area is 174 Å². The number of furan rings is 1. The van der Waals surface area contributed by atoms with Gasteiger partial charge >= 0.3 is 0 Å². The van der Waals surface area contributed by atoms with Gasteiger partial charge in [-0.15, -0.1) is 0 Å². The van der Waals surface area contributed by atoms with E-state index >= 15 is 0 Å². The first-order valence-electron chi connectivity index (χ1n) is 9.24. The third-order valence-electron chi connectivity index (χ3n) is 4.62. The van der Waals surface area contributed by atoms with Gasteiger partial charge in [0.25, 0.3) is 5.91 Å². The number of ether oxygens (including phenoxy) is 2. The van der Waals surface area contributed by atoms with Crippen molar-refractivity contribution >= 4 is 17.5 Å². The molecule has 0 atom stereocenters. The van der Waals surface area contributed by atoms with Crippen LogP contribution in [0, 0.1) is 0 Å². The summed E-state index contributed by atoms with van der Waals surface area (Å²) in [5.41, 5.74) is -0.114. The van der Waals surface area contributed by atoms with E-state index in [2.05, 4.69) is 15.7 Å². The summed E-state index contributed by atoms with van der Waals surface area (Å²) in [5, 5.41) is 9.82. The van der Waals surface area contributed by atoms with Crippen LogP contribution in [-0.2, 0) is 16.9 Å². The largest absolute Gasteiger partial charge is 0.493 e. The average molecular weight is 412 g/mol. The minimum absolute atomic E-state index is 0.236. The zero-order valence-corrected chi connectivity index (χ0v) is 17.3. The van der Waals surface area contributed by atoms with E-state index in [4.69, 9.17) is 13.9 Å². The fourth-order valence-corrected chi connectivity index (χ4v) is 2.77. The van der Waals surface area contributed by atoms with Crippen LogP contribution in [0.15, 0.2) is 53.4 Å². The molecule has 2 amide bonds. The summed E-state index contributed by atoms with van der Waals surface area (Å²) in [6.45, 7) is 3.74. The summed E-state index contributed by atoms with van der Waals surface area (Å²) >= 11 is 0. The van der Waals surface area contributed by atoms with Gasteiger partial charge in [-0.3, -0.25) is 14.3 Å². The number of amides is 2. The monoisotopic (exact) mass is 412 g/mol. The van der Waals surface area contributed by atoms with Crippen molar-refractivity contribution in [2.45, 2.75) is 25.9 Å². The molecule has 0 aliphatic carbocycles. The fourth-order valence-electron chi connectivity index (χ4n) is 2.77. The second-order valence-corrected chi connectivity index (χ2v) is 7.02. The zero-order chi connectivity index (χ0) is 21.7. The lowest BCUT2D eigenvalue weighted by Gasteiger charge is -2.23. The van der Waals surface area contributed by atoms with Gasteiger partial charge in [0.1, 0.15) is 11.3 Å². The Hall–Kier alpha value is -3.75. The van der Waals surface area contributed by atoms with Crippen LogP contribution in [0.3, 0.4) is 0 Å². The molecule has 2 aromatic heterocycles. The third-order valence-corrected chi connectivity index (χ3v) is 4.62. The van der Waals surface area contributed by atoms with Gasteiger partial charge in [0, 0.05) is 11.8 Å². The van der Waals surface area contributed by atoms with E-state index in [1.54, 1.807) is 56.6 Å². The van der Waals surface area contributed by atoms with E-state index in [1.807, 2.05) is 0 Å². The molecule has 9 nitrogen and oxygen atoms in total. The highest BCUT2D eigenvalue weighted by Gasteiger charge is 2.30. The predicted molar refractivity (Wildman–Crippen MR) is 110 cm³/mol. The minimum Gasteiger partial charge on any atom is -0.493 e. The van der Waals surface area contributed by atoms with E-state index in [1.165, 1.54) is 25.1 Å². The molecule has 3 aromatic rings. The maximum Gasteiger partial charge on any atom is 0.255 e. The first kappa shape index (κ1) is 21.0. The summed E-state index contributed by atoms with van der Waals surface area (Å²) in [5.74, 6) is 1.07. The Balaban J connectivity index is 1.67. The third kappa shape index (κ3) is 4.45. The molecule has 2 heterocycles. The molecule has 0 aliphatic rings. The molecular formula is C21H24N4O5. The molecular weight excluding hydrogens is 388 g/mol. The van der Waals surface area contributed by atoms with Gasteiger partial charge in [-0.2, -0.15) is 5.10 Å². The van der Waals surface area contributed by atoms with Crippen molar-refractivity contribution < 1.29 is 23.5 Å². The molecule has 9 heteroatoms. The lowest BCUT2D eigenvalue weighted by Crippen LogP contribution is -2.44. The Morgan fingerprint density at radius 2 is 1.93 bits per heavy atom. The molecule has 0 aliphatic heterocycles. The Morgan fingerprint density at radius 3 is 2.60 bits per heavy atom. The maximum absolute atomic E-state index is 12.6. The Morgan fingerprint density at radius 1 is 1.17 bits per heavy atom. The van der Waals surface area contributed by atoms with E-state index in [0.29, 0.717) is 28.5 Å². The van der Waals surface area contributed by atoms with Crippen LogP contribution in [0.2, 0.25) is 0 Å². The summed E-state index contributed by atoms with van der Waals surface area (Å²) in [6, 6.07) is 8.41. The predicted octanol–water partition coefficient (Wildman–Crippen LogP) is 2.80. The minimum atomic E-state index is -0.973. The molecule has 0 bridgehead atoms. The van der Waals surface area contributed by atoms with E-state index in [0.717, 1.165) is 0 Å². The molecule has 0 radical (unpaired) electrons. The van der Waals surface area contributed by atoms with Crippen LogP contribution in [-0.4, -0.2) is 35.8 Å². The number of nitrogens with zero attached hydrogens (tertiary/aromatic N) is 2. The number of rotatable bonds is 8. The first-order chi connectivity index (χ1) is 14.3. The van der Waals surface area contributed by atoms with Crippen LogP contribution < -0.4 is 20.1 Å². The van der Waals surface area contributed by atoms with Crippen molar-refractivity contribution in [1.29, 1.82) is 0 Å². The lowest BCUT2D eigenvalue weighted by atomic mass is 10.1. The fraction of sp³-hybridized carbons (Fsp3) is 0.286. The molecule has 30 heavy (non-hydrogen) atoms. The summed E-state index contributed by atoms with van der Waals surface area (Å²) in [6.07, 6.45) is 4.64. The van der Waals surface area contributed by atoms with Crippen LogP contribution in [0.4, 0.5) is 5.69 Å². The van der Waals surface area contributed by atoms with E-state index in [9.17, 15) is 9.59 Å². The number of benzene rings is 1. The summed E-state index contributed by atoms with van der Waals surface area (Å²) in [7, 11) is 3.03. The maximum atomic E-state index is 12.6. The molecule has 158 valence electrons. The smallest absolute Gasteiger partial charge is 0.255 e. The van der Waals surface area contributed by atoms with Gasteiger partial charge < -0.3 is 24.5 Å². The molecule has 0 spiro atoms. The van der Waals surface area contributed by atoms with Gasteiger partial charge in [-0.05, 0) is 44.2 Å². The van der Waals surface area contributed by atoms with Crippen LogP contribution in [0.25, 0.3) is 0 Å². The van der Waals surface area contributed by atoms with Crippen molar-refractivity contribution in [2.75, 3.05) is 19.5 Å². The number of aromatic nitrogens is 2. The number of nitrogens with one attached hydrogen (secondary N) is 2. The molecule has 0 saturated heterocycles. The van der Waals surface area contributed by atoms with Crippen molar-refractivity contribution in [3.63, 3.8) is 0 Å². The van der Waals surface area contributed by atoms with E-state index in [-0.39, 0.29) is 18.4 Å². The number of methoxy groups -OCH3 is 2. The molecule has 0 unspecified atom stereocenters. The first-order valence-corrected chi connectivity index (χ1v) is 9.24. The second kappa shape index (κ2) is 8.73. The van der Waals surface area contributed by atoms with Gasteiger partial charge in [-0.1, -0.05) is 0 Å². The number of carbonyl (C=O) groups excluding carboxylic acids is 2. The van der Waals surface area contributed by atoms with Gasteiger partial charge in [-0.25, -0.2) is 0 Å². The van der Waals surface area contributed by atoms with Gasteiger partial charge in [0.2, 0.25) is 5.91 Å². The number of anilines is 1. The highest BCUT2D eigenvalue weighted by atomic mass is 16.5. The normalized spacial score (nSPS) is 11.1. The highest BCUT2D eigenvalue weighted by Crippen LogP contribution is 2.28. The number of hydrogen-bond donors (Lipinski definition) is 2. The van der Waals surface area contributed by atoms with Crippen LogP contribution >= 0.6 is 0 Å². The summed E-state index contributed by atoms with van der Waals surface area (Å²) in [4.78, 5) is 25.2. The average Bonchev–Trinajstić information content (AvgIpc) is 3.43. The highest BCUT2D eigenvalue weighted by molar-refractivity contribution is 6.04. The standard InChI is InChI=1S/C21H24N4O5/c1-21(2,20(27)22-12-16-6-5-9-30-16)25-13-15(11-23-25)24-19(26)14-7-8-17(28-3)18(10-14)29-4/h5-11,13H,12H2,1-4H3,(H,22,27)(H,24,26). The second-order valence-electron chi connectivity index (χ2n) is 7.02. The van der Waals surface area contributed by atoms with Gasteiger partial charge in [0.15, 0.2) is 11.5 Å². The molecule has 0 saturated carbocycles. The van der Waals surface area contributed by atoms with Crippen LogP contribution in [0.5, 0.6) is 11.5 Å². The topological polar surface area (TPSA) is 108 Å². The summed E-state index contributed by atoms with van der Waals surface area (Å²) < 4.78 is 17.1. The molecule has 2 N–H and O–H groups in total. The molecule has 1 aromatic carbocycles. The van der Waals surface area contributed by atoms with Crippen molar-refractivity contribution in [3.05, 3.63) is 60.3 Å². The molecule has 0 fully saturated rings. The SMILES string of the molecule is COc1ccc(C(=O)Nc2cnn(C(C)(C)C(=O)NCc3ccco3)c2)cc1OC. The van der Waals surface area contributed by atoms with Crippen molar-refractivity contribution in [1.82, 2.24) is 15.1 Å². The zero-order valence-electron chi connectivity index (χ0n) is 17.3. The van der Waals surface area contributed by atoms with Gasteiger partial charge in [0.05, 0.1) is 38.9 Å². The van der Waals surface area contributed by atoms with Crippen molar-refractivity contribution in [3.8, 4) is 11.5 Å². The number of carbonyl (C=O) groups is 2.